The number of nitrogens with zero attached hydrogens (tertiary/aromatic N) is 1. The number of rotatable bonds is 8. The summed E-state index contributed by atoms with van der Waals surface area (Å²) >= 11 is 6.06. The summed E-state index contributed by atoms with van der Waals surface area (Å²) in [6, 6.07) is 16.0. The Bertz CT molecular complexity index is 985. The van der Waals surface area contributed by atoms with Crippen molar-refractivity contribution in [2.24, 2.45) is 0 Å². The Labute approximate surface area is 174 Å². The van der Waals surface area contributed by atoms with Crippen molar-refractivity contribution in [2.45, 2.75) is 13.2 Å². The van der Waals surface area contributed by atoms with Gasteiger partial charge in [0.15, 0.2) is 17.3 Å². The molecule has 6 nitrogen and oxygen atoms in total. The van der Waals surface area contributed by atoms with Gasteiger partial charge in [-0.1, -0.05) is 23.7 Å². The van der Waals surface area contributed by atoms with Crippen molar-refractivity contribution >= 4 is 17.5 Å². The molecule has 152 valence electrons. The third kappa shape index (κ3) is 5.03. The number of ether oxygens (including phenoxy) is 3. The number of furan rings is 1. The summed E-state index contributed by atoms with van der Waals surface area (Å²) in [5, 5.41) is 0.579. The zero-order valence-electron chi connectivity index (χ0n) is 16.5. The van der Waals surface area contributed by atoms with Crippen molar-refractivity contribution < 1.29 is 23.4 Å². The van der Waals surface area contributed by atoms with E-state index in [-0.39, 0.29) is 18.3 Å². The number of hydrogen-bond donors (Lipinski definition) is 0. The van der Waals surface area contributed by atoms with Gasteiger partial charge >= 0.3 is 0 Å². The van der Waals surface area contributed by atoms with E-state index in [1.54, 1.807) is 57.7 Å². The van der Waals surface area contributed by atoms with Crippen molar-refractivity contribution in [1.29, 1.82) is 0 Å². The van der Waals surface area contributed by atoms with Crippen molar-refractivity contribution in [1.82, 2.24) is 4.90 Å². The SMILES string of the molecule is COc1ccc(Cl)cc1CN(C)C(=O)c1ccc(COc2ccccc2OC)o1. The van der Waals surface area contributed by atoms with Crippen LogP contribution in [0.15, 0.2) is 59.0 Å². The fourth-order valence-corrected chi connectivity index (χ4v) is 3.04. The molecule has 3 rings (SSSR count). The van der Waals surface area contributed by atoms with Crippen LogP contribution in [0, 0.1) is 0 Å². The molecule has 7 heteroatoms. The molecule has 1 amide bonds. The quantitative estimate of drug-likeness (QED) is 0.528. The first-order chi connectivity index (χ1) is 14.0. The standard InChI is InChI=1S/C22H22ClNO5/c1-24(13-15-12-16(23)8-10-18(15)26-2)22(25)21-11-9-17(29-21)14-28-20-7-5-4-6-19(20)27-3/h4-12H,13-14H2,1-3H3. The Morgan fingerprint density at radius 3 is 2.45 bits per heavy atom. The molecule has 0 unspecified atom stereocenters. The summed E-state index contributed by atoms with van der Waals surface area (Å²) < 4.78 is 22.0. The molecule has 0 N–H and O–H groups in total. The van der Waals surface area contributed by atoms with Crippen LogP contribution in [0.4, 0.5) is 0 Å². The van der Waals surface area contributed by atoms with Gasteiger partial charge in [-0.05, 0) is 42.5 Å². The van der Waals surface area contributed by atoms with Crippen molar-refractivity contribution in [2.75, 3.05) is 21.3 Å². The molecular weight excluding hydrogens is 394 g/mol. The zero-order valence-corrected chi connectivity index (χ0v) is 17.2. The van der Waals surface area contributed by atoms with Crippen LogP contribution in [0.1, 0.15) is 21.9 Å². The molecule has 0 fully saturated rings. The van der Waals surface area contributed by atoms with Gasteiger partial charge in [0.1, 0.15) is 18.1 Å². The van der Waals surface area contributed by atoms with Crippen LogP contribution in [-0.4, -0.2) is 32.1 Å². The first kappa shape index (κ1) is 20.6. The first-order valence-corrected chi connectivity index (χ1v) is 9.32. The van der Waals surface area contributed by atoms with E-state index < -0.39 is 0 Å². The zero-order chi connectivity index (χ0) is 20.8. The van der Waals surface area contributed by atoms with E-state index in [2.05, 4.69) is 0 Å². The fraction of sp³-hybridized carbons (Fsp3) is 0.227. The summed E-state index contributed by atoms with van der Waals surface area (Å²) in [6.45, 7) is 0.510. The third-order valence-electron chi connectivity index (χ3n) is 4.31. The van der Waals surface area contributed by atoms with Gasteiger partial charge in [0.2, 0.25) is 0 Å². The Kier molecular flexibility index (Phi) is 6.67. The van der Waals surface area contributed by atoms with E-state index in [1.807, 2.05) is 18.2 Å². The largest absolute Gasteiger partial charge is 0.496 e. The Hall–Kier alpha value is -3.12. The number of methoxy groups -OCH3 is 2. The minimum absolute atomic E-state index is 0.180. The molecule has 3 aromatic rings. The average molecular weight is 416 g/mol. The maximum absolute atomic E-state index is 12.7. The van der Waals surface area contributed by atoms with Crippen LogP contribution in [0.3, 0.4) is 0 Å². The van der Waals surface area contributed by atoms with E-state index in [0.29, 0.717) is 34.6 Å². The lowest BCUT2D eigenvalue weighted by Crippen LogP contribution is -2.26. The molecule has 0 spiro atoms. The molecule has 2 aromatic carbocycles. The average Bonchev–Trinajstić information content (AvgIpc) is 3.21. The second-order valence-electron chi connectivity index (χ2n) is 6.32. The molecule has 0 saturated carbocycles. The maximum atomic E-state index is 12.7. The van der Waals surface area contributed by atoms with Crippen LogP contribution in [-0.2, 0) is 13.2 Å². The number of amides is 1. The molecule has 0 bridgehead atoms. The Morgan fingerprint density at radius 1 is 1.00 bits per heavy atom. The molecule has 29 heavy (non-hydrogen) atoms. The van der Waals surface area contributed by atoms with Crippen molar-refractivity contribution in [3.63, 3.8) is 0 Å². The number of halogens is 1. The van der Waals surface area contributed by atoms with E-state index in [9.17, 15) is 4.79 Å². The van der Waals surface area contributed by atoms with E-state index in [1.165, 1.54) is 4.90 Å². The normalized spacial score (nSPS) is 10.5. The molecule has 0 aliphatic carbocycles. The second-order valence-corrected chi connectivity index (χ2v) is 6.76. The summed E-state index contributed by atoms with van der Waals surface area (Å²) in [7, 11) is 4.85. The number of carbonyl (C=O) groups is 1. The predicted molar refractivity (Wildman–Crippen MR) is 110 cm³/mol. The highest BCUT2D eigenvalue weighted by Gasteiger charge is 2.18. The van der Waals surface area contributed by atoms with Gasteiger partial charge in [-0.3, -0.25) is 4.79 Å². The van der Waals surface area contributed by atoms with Gasteiger partial charge < -0.3 is 23.5 Å². The van der Waals surface area contributed by atoms with E-state index in [0.717, 1.165) is 5.56 Å². The fourth-order valence-electron chi connectivity index (χ4n) is 2.84. The first-order valence-electron chi connectivity index (χ1n) is 8.94. The Balaban J connectivity index is 1.65. The van der Waals surface area contributed by atoms with E-state index in [4.69, 9.17) is 30.2 Å². The highest BCUT2D eigenvalue weighted by Crippen LogP contribution is 2.27. The number of para-hydroxylation sites is 2. The number of carbonyl (C=O) groups excluding carboxylic acids is 1. The highest BCUT2D eigenvalue weighted by atomic mass is 35.5. The number of hydrogen-bond acceptors (Lipinski definition) is 5. The third-order valence-corrected chi connectivity index (χ3v) is 4.54. The van der Waals surface area contributed by atoms with E-state index >= 15 is 0 Å². The van der Waals surface area contributed by atoms with Gasteiger partial charge in [0.05, 0.1) is 14.2 Å². The summed E-state index contributed by atoms with van der Waals surface area (Å²) in [5.74, 6) is 2.41. The van der Waals surface area contributed by atoms with Crippen molar-refractivity contribution in [3.05, 3.63) is 76.7 Å². The van der Waals surface area contributed by atoms with Gasteiger partial charge in [0, 0.05) is 24.2 Å². The minimum atomic E-state index is -0.254. The second kappa shape index (κ2) is 9.39. The molecule has 1 heterocycles. The monoisotopic (exact) mass is 415 g/mol. The van der Waals surface area contributed by atoms with Crippen LogP contribution < -0.4 is 14.2 Å². The number of benzene rings is 2. The lowest BCUT2D eigenvalue weighted by Gasteiger charge is -2.18. The lowest BCUT2D eigenvalue weighted by atomic mass is 10.2. The molecule has 0 atom stereocenters. The Morgan fingerprint density at radius 2 is 1.72 bits per heavy atom. The van der Waals surface area contributed by atoms with Crippen LogP contribution in [0.25, 0.3) is 0 Å². The molecule has 0 aliphatic rings. The smallest absolute Gasteiger partial charge is 0.289 e. The predicted octanol–water partition coefficient (Wildman–Crippen LogP) is 4.80. The van der Waals surface area contributed by atoms with Crippen molar-refractivity contribution in [3.8, 4) is 17.2 Å². The van der Waals surface area contributed by atoms with Crippen LogP contribution in [0.5, 0.6) is 17.2 Å². The van der Waals surface area contributed by atoms with Crippen LogP contribution in [0.2, 0.25) is 5.02 Å². The van der Waals surface area contributed by atoms with Gasteiger partial charge in [-0.2, -0.15) is 0 Å². The summed E-state index contributed by atoms with van der Waals surface area (Å²) in [6.07, 6.45) is 0. The molecule has 1 aromatic heterocycles. The van der Waals surface area contributed by atoms with Crippen LogP contribution >= 0.6 is 11.6 Å². The minimum Gasteiger partial charge on any atom is -0.496 e. The lowest BCUT2D eigenvalue weighted by molar-refractivity contribution is 0.0748. The highest BCUT2D eigenvalue weighted by molar-refractivity contribution is 6.30. The molecule has 0 saturated heterocycles. The summed E-state index contributed by atoms with van der Waals surface area (Å²) in [5.41, 5.74) is 0.808. The van der Waals surface area contributed by atoms with Gasteiger partial charge in [0.25, 0.3) is 5.91 Å². The van der Waals surface area contributed by atoms with Gasteiger partial charge in [-0.15, -0.1) is 0 Å². The molecule has 0 aliphatic heterocycles. The topological polar surface area (TPSA) is 61.1 Å². The summed E-state index contributed by atoms with van der Waals surface area (Å²) in [4.78, 5) is 14.3. The van der Waals surface area contributed by atoms with Gasteiger partial charge in [-0.25, -0.2) is 0 Å². The molecule has 0 radical (unpaired) electrons. The maximum Gasteiger partial charge on any atom is 0.289 e. The molecular formula is C22H22ClNO5.